The molecule has 1 rings (SSSR count). The van der Waals surface area contributed by atoms with Crippen LogP contribution in [-0.4, -0.2) is 10.7 Å². The van der Waals surface area contributed by atoms with Gasteiger partial charge in [-0.3, -0.25) is 0 Å². The van der Waals surface area contributed by atoms with Crippen LogP contribution in [-0.2, 0) is 0 Å². The fourth-order valence-corrected chi connectivity index (χ4v) is 2.38. The van der Waals surface area contributed by atoms with Crippen molar-refractivity contribution in [3.8, 4) is 0 Å². The van der Waals surface area contributed by atoms with E-state index in [1.165, 1.54) is 0 Å². The molecule has 0 aliphatic carbocycles. The molecule has 1 nitrogen and oxygen atoms in total. The molecular formula is C18H26O. The lowest BCUT2D eigenvalue weighted by atomic mass is 9.79. The third-order valence-corrected chi connectivity index (χ3v) is 3.79. The number of hydrogen-bond acceptors (Lipinski definition) is 1. The predicted octanol–water partition coefficient (Wildman–Crippen LogP) is 4.83. The molecule has 0 saturated carbocycles. The Labute approximate surface area is 117 Å². The summed E-state index contributed by atoms with van der Waals surface area (Å²) in [6.45, 7) is 9.93. The predicted molar refractivity (Wildman–Crippen MR) is 83.9 cm³/mol. The van der Waals surface area contributed by atoms with Crippen molar-refractivity contribution < 1.29 is 5.11 Å². The fraction of sp³-hybridized carbons (Fsp3) is 0.444. The van der Waals surface area contributed by atoms with E-state index in [-0.39, 0.29) is 5.92 Å². The molecule has 19 heavy (non-hydrogen) atoms. The Morgan fingerprint density at radius 3 is 2.47 bits per heavy atom. The number of unbranched alkanes of at least 4 members (excludes halogenated alkanes) is 1. The molecule has 1 aromatic carbocycles. The van der Waals surface area contributed by atoms with Gasteiger partial charge in [-0.15, -0.1) is 6.58 Å². The summed E-state index contributed by atoms with van der Waals surface area (Å²) in [5.41, 5.74) is 1.46. The molecule has 0 bridgehead atoms. The molecule has 1 heteroatoms. The van der Waals surface area contributed by atoms with Crippen molar-refractivity contribution in [3.63, 3.8) is 0 Å². The van der Waals surface area contributed by atoms with E-state index in [0.29, 0.717) is 0 Å². The number of aliphatic hydroxyl groups is 1. The summed E-state index contributed by atoms with van der Waals surface area (Å²) in [5, 5.41) is 10.9. The second-order valence-electron chi connectivity index (χ2n) is 5.50. The van der Waals surface area contributed by atoms with Crippen molar-refractivity contribution in [1.29, 1.82) is 0 Å². The van der Waals surface area contributed by atoms with Crippen LogP contribution in [0.2, 0.25) is 0 Å². The molecule has 0 aliphatic rings. The van der Waals surface area contributed by atoms with E-state index >= 15 is 0 Å². The Bertz CT molecular complexity index is 417. The van der Waals surface area contributed by atoms with E-state index in [9.17, 15) is 5.11 Å². The minimum atomic E-state index is -0.723. The van der Waals surface area contributed by atoms with Gasteiger partial charge in [-0.25, -0.2) is 0 Å². The molecule has 0 aromatic heterocycles. The van der Waals surface area contributed by atoms with E-state index < -0.39 is 5.60 Å². The quantitative estimate of drug-likeness (QED) is 0.548. The highest BCUT2D eigenvalue weighted by Crippen LogP contribution is 2.32. The van der Waals surface area contributed by atoms with Crippen molar-refractivity contribution >= 4 is 6.08 Å². The van der Waals surface area contributed by atoms with Crippen LogP contribution in [0.15, 0.2) is 48.6 Å². The first-order valence-electron chi connectivity index (χ1n) is 7.08. The van der Waals surface area contributed by atoms with Crippen molar-refractivity contribution in [2.45, 2.75) is 45.6 Å². The number of benzene rings is 1. The maximum absolute atomic E-state index is 10.9. The second-order valence-corrected chi connectivity index (χ2v) is 5.50. The molecule has 1 atom stereocenters. The first-order chi connectivity index (χ1) is 9.00. The van der Waals surface area contributed by atoms with Crippen molar-refractivity contribution in [2.75, 3.05) is 0 Å². The normalized spacial score (nSPS) is 15.3. The maximum atomic E-state index is 10.9. The monoisotopic (exact) mass is 258 g/mol. The first kappa shape index (κ1) is 15.7. The summed E-state index contributed by atoms with van der Waals surface area (Å²) < 4.78 is 0. The fourth-order valence-electron chi connectivity index (χ4n) is 2.38. The second kappa shape index (κ2) is 7.30. The first-order valence-corrected chi connectivity index (χ1v) is 7.08. The van der Waals surface area contributed by atoms with Crippen LogP contribution in [0, 0.1) is 5.92 Å². The van der Waals surface area contributed by atoms with E-state index in [1.54, 1.807) is 0 Å². The highest BCUT2D eigenvalue weighted by atomic mass is 16.3. The molecule has 0 fully saturated rings. The smallest absolute Gasteiger partial charge is 0.0880 e. The summed E-state index contributed by atoms with van der Waals surface area (Å²) in [4.78, 5) is 0. The van der Waals surface area contributed by atoms with Gasteiger partial charge in [0, 0.05) is 0 Å². The molecule has 0 radical (unpaired) electrons. The minimum absolute atomic E-state index is 0.206. The number of allylic oxidation sites excluding steroid dienone is 1. The summed E-state index contributed by atoms with van der Waals surface area (Å²) in [6.07, 6.45) is 6.71. The van der Waals surface area contributed by atoms with Crippen LogP contribution in [0.1, 0.15) is 45.6 Å². The average molecular weight is 258 g/mol. The van der Waals surface area contributed by atoms with E-state index in [2.05, 4.69) is 38.6 Å². The zero-order chi connectivity index (χ0) is 14.3. The topological polar surface area (TPSA) is 20.2 Å². The zero-order valence-electron chi connectivity index (χ0n) is 12.4. The third kappa shape index (κ3) is 4.36. The van der Waals surface area contributed by atoms with Crippen LogP contribution in [0.4, 0.5) is 0 Å². The molecular weight excluding hydrogens is 232 g/mol. The standard InChI is InChI=1S/C18H26O/c1-5-6-10-13-18(19,15(2)3)16(4)14-17-11-8-7-9-12-17/h5,7-9,11-12,14-15,19H,1,6,10,13H2,2-4H3/b16-14+. The summed E-state index contributed by atoms with van der Waals surface area (Å²) in [6, 6.07) is 10.2. The van der Waals surface area contributed by atoms with E-state index in [1.807, 2.05) is 31.2 Å². The van der Waals surface area contributed by atoms with Gasteiger partial charge >= 0.3 is 0 Å². The Kier molecular flexibility index (Phi) is 6.04. The average Bonchev–Trinajstić information content (AvgIpc) is 2.39. The SMILES string of the molecule is C=CCCCC(O)(/C(C)=C/c1ccccc1)C(C)C. The van der Waals surface area contributed by atoms with Gasteiger partial charge in [0.25, 0.3) is 0 Å². The van der Waals surface area contributed by atoms with Gasteiger partial charge in [0.05, 0.1) is 5.60 Å². The molecule has 0 heterocycles. The van der Waals surface area contributed by atoms with Crippen LogP contribution in [0.25, 0.3) is 6.08 Å². The van der Waals surface area contributed by atoms with Gasteiger partial charge in [0.1, 0.15) is 0 Å². The van der Waals surface area contributed by atoms with Gasteiger partial charge in [0.15, 0.2) is 0 Å². The van der Waals surface area contributed by atoms with Gasteiger partial charge < -0.3 is 5.11 Å². The Morgan fingerprint density at radius 2 is 1.95 bits per heavy atom. The highest BCUT2D eigenvalue weighted by molar-refractivity contribution is 5.54. The maximum Gasteiger partial charge on any atom is 0.0880 e. The molecule has 0 saturated heterocycles. The summed E-state index contributed by atoms with van der Waals surface area (Å²) in [5.74, 6) is 0.206. The van der Waals surface area contributed by atoms with Crippen LogP contribution in [0.5, 0.6) is 0 Å². The molecule has 0 spiro atoms. The van der Waals surface area contributed by atoms with Crippen molar-refractivity contribution in [3.05, 3.63) is 54.1 Å². The van der Waals surface area contributed by atoms with Crippen LogP contribution >= 0.6 is 0 Å². The van der Waals surface area contributed by atoms with Gasteiger partial charge in [-0.1, -0.05) is 56.3 Å². The Hall–Kier alpha value is -1.34. The molecule has 104 valence electrons. The number of rotatable bonds is 7. The summed E-state index contributed by atoms with van der Waals surface area (Å²) in [7, 11) is 0. The Morgan fingerprint density at radius 1 is 1.32 bits per heavy atom. The van der Waals surface area contributed by atoms with E-state index in [0.717, 1.165) is 30.4 Å². The number of hydrogen-bond donors (Lipinski definition) is 1. The lowest BCUT2D eigenvalue weighted by Crippen LogP contribution is -2.36. The largest absolute Gasteiger partial charge is 0.385 e. The minimum Gasteiger partial charge on any atom is -0.385 e. The van der Waals surface area contributed by atoms with Crippen molar-refractivity contribution in [2.24, 2.45) is 5.92 Å². The highest BCUT2D eigenvalue weighted by Gasteiger charge is 2.31. The van der Waals surface area contributed by atoms with Crippen molar-refractivity contribution in [1.82, 2.24) is 0 Å². The molecule has 0 amide bonds. The zero-order valence-corrected chi connectivity index (χ0v) is 12.4. The lowest BCUT2D eigenvalue weighted by Gasteiger charge is -2.33. The Balaban J connectivity index is 2.91. The van der Waals surface area contributed by atoms with Gasteiger partial charge in [0.2, 0.25) is 0 Å². The van der Waals surface area contributed by atoms with Crippen LogP contribution < -0.4 is 0 Å². The van der Waals surface area contributed by atoms with E-state index in [4.69, 9.17) is 0 Å². The van der Waals surface area contributed by atoms with Crippen LogP contribution in [0.3, 0.4) is 0 Å². The molecule has 1 aromatic rings. The molecule has 0 aliphatic heterocycles. The summed E-state index contributed by atoms with van der Waals surface area (Å²) >= 11 is 0. The molecule has 1 unspecified atom stereocenters. The van der Waals surface area contributed by atoms with Gasteiger partial charge in [-0.05, 0) is 43.2 Å². The molecule has 1 N–H and O–H groups in total. The van der Waals surface area contributed by atoms with Gasteiger partial charge in [-0.2, -0.15) is 0 Å². The third-order valence-electron chi connectivity index (χ3n) is 3.79. The lowest BCUT2D eigenvalue weighted by molar-refractivity contribution is 0.0224.